The molecule has 1 aliphatic rings. The number of ether oxygens (including phenoxy) is 1. The van der Waals surface area contributed by atoms with E-state index in [1.807, 2.05) is 12.1 Å². The van der Waals surface area contributed by atoms with Crippen molar-refractivity contribution in [1.29, 1.82) is 0 Å². The first-order valence-electron chi connectivity index (χ1n) is 5.63. The molecule has 1 N–H and O–H groups in total. The largest absolute Gasteiger partial charge is 0.383 e. The highest BCUT2D eigenvalue weighted by atomic mass is 19.1. The van der Waals surface area contributed by atoms with E-state index in [0.717, 1.165) is 18.5 Å². The standard InChI is InChI=1S/C13H18FNO/c1-13(9-16-2)7-10(8-15-13)11-5-3-4-6-12(11)14/h3-6,10,15H,7-9H2,1-2H3. The van der Waals surface area contributed by atoms with Gasteiger partial charge in [0.15, 0.2) is 0 Å². The number of benzene rings is 1. The molecule has 1 heterocycles. The molecule has 0 amide bonds. The Kier molecular flexibility index (Phi) is 3.26. The van der Waals surface area contributed by atoms with Crippen LogP contribution in [-0.4, -0.2) is 25.8 Å². The van der Waals surface area contributed by atoms with Gasteiger partial charge in [-0.2, -0.15) is 0 Å². The quantitative estimate of drug-likeness (QED) is 0.849. The zero-order chi connectivity index (χ0) is 11.6. The molecule has 0 radical (unpaired) electrons. The fraction of sp³-hybridized carbons (Fsp3) is 0.538. The third-order valence-corrected chi connectivity index (χ3v) is 3.28. The van der Waals surface area contributed by atoms with E-state index in [1.165, 1.54) is 6.07 Å². The molecule has 0 saturated carbocycles. The number of methoxy groups -OCH3 is 1. The molecule has 0 spiro atoms. The van der Waals surface area contributed by atoms with Gasteiger partial charge in [-0.05, 0) is 25.0 Å². The van der Waals surface area contributed by atoms with Gasteiger partial charge in [-0.15, -0.1) is 0 Å². The number of hydrogen-bond donors (Lipinski definition) is 1. The van der Waals surface area contributed by atoms with Gasteiger partial charge in [0.1, 0.15) is 5.82 Å². The molecule has 2 atom stereocenters. The summed E-state index contributed by atoms with van der Waals surface area (Å²) >= 11 is 0. The van der Waals surface area contributed by atoms with E-state index < -0.39 is 0 Å². The predicted molar refractivity (Wildman–Crippen MR) is 62.0 cm³/mol. The average molecular weight is 223 g/mol. The van der Waals surface area contributed by atoms with Crippen LogP contribution in [-0.2, 0) is 4.74 Å². The third kappa shape index (κ3) is 2.25. The van der Waals surface area contributed by atoms with Crippen LogP contribution in [0.3, 0.4) is 0 Å². The Morgan fingerprint density at radius 2 is 2.25 bits per heavy atom. The van der Waals surface area contributed by atoms with E-state index in [2.05, 4.69) is 12.2 Å². The number of rotatable bonds is 3. The van der Waals surface area contributed by atoms with Crippen LogP contribution in [0.4, 0.5) is 4.39 Å². The van der Waals surface area contributed by atoms with Crippen LogP contribution in [0.2, 0.25) is 0 Å². The first kappa shape index (κ1) is 11.6. The van der Waals surface area contributed by atoms with E-state index in [4.69, 9.17) is 4.74 Å². The molecule has 16 heavy (non-hydrogen) atoms. The van der Waals surface area contributed by atoms with Crippen molar-refractivity contribution in [2.75, 3.05) is 20.3 Å². The molecule has 1 aromatic rings. The number of nitrogens with one attached hydrogen (secondary N) is 1. The van der Waals surface area contributed by atoms with Crippen LogP contribution in [0.15, 0.2) is 24.3 Å². The second-order valence-electron chi connectivity index (χ2n) is 4.80. The Hall–Kier alpha value is -0.930. The lowest BCUT2D eigenvalue weighted by atomic mass is 9.90. The highest BCUT2D eigenvalue weighted by Crippen LogP contribution is 2.33. The van der Waals surface area contributed by atoms with Gasteiger partial charge in [0.2, 0.25) is 0 Å². The molecule has 2 unspecified atom stereocenters. The van der Waals surface area contributed by atoms with Crippen molar-refractivity contribution in [3.05, 3.63) is 35.6 Å². The molecule has 2 nitrogen and oxygen atoms in total. The summed E-state index contributed by atoms with van der Waals surface area (Å²) in [7, 11) is 1.70. The number of halogens is 1. The lowest BCUT2D eigenvalue weighted by Gasteiger charge is -2.23. The molecule has 0 aromatic heterocycles. The van der Waals surface area contributed by atoms with Gasteiger partial charge in [0.05, 0.1) is 6.61 Å². The Morgan fingerprint density at radius 3 is 2.94 bits per heavy atom. The van der Waals surface area contributed by atoms with Crippen LogP contribution in [0.5, 0.6) is 0 Å². The molecule has 1 saturated heterocycles. The van der Waals surface area contributed by atoms with E-state index >= 15 is 0 Å². The molecular formula is C13H18FNO. The summed E-state index contributed by atoms with van der Waals surface area (Å²) in [6, 6.07) is 7.03. The van der Waals surface area contributed by atoms with Crippen molar-refractivity contribution in [3.8, 4) is 0 Å². The van der Waals surface area contributed by atoms with Crippen LogP contribution in [0.25, 0.3) is 0 Å². The lowest BCUT2D eigenvalue weighted by molar-refractivity contribution is 0.129. The molecule has 88 valence electrons. The monoisotopic (exact) mass is 223 g/mol. The number of hydrogen-bond acceptors (Lipinski definition) is 2. The normalized spacial score (nSPS) is 29.6. The Morgan fingerprint density at radius 1 is 1.50 bits per heavy atom. The van der Waals surface area contributed by atoms with Gasteiger partial charge in [-0.25, -0.2) is 4.39 Å². The third-order valence-electron chi connectivity index (χ3n) is 3.28. The van der Waals surface area contributed by atoms with Crippen LogP contribution < -0.4 is 5.32 Å². The summed E-state index contributed by atoms with van der Waals surface area (Å²) in [6.45, 7) is 3.61. The van der Waals surface area contributed by atoms with Crippen molar-refractivity contribution < 1.29 is 9.13 Å². The van der Waals surface area contributed by atoms with Crippen LogP contribution in [0, 0.1) is 5.82 Å². The molecule has 1 aliphatic heterocycles. The second kappa shape index (κ2) is 4.52. The minimum absolute atomic E-state index is 0.0261. The molecule has 2 rings (SSSR count). The maximum Gasteiger partial charge on any atom is 0.126 e. The van der Waals surface area contributed by atoms with Crippen molar-refractivity contribution in [3.63, 3.8) is 0 Å². The minimum atomic E-state index is -0.101. The summed E-state index contributed by atoms with van der Waals surface area (Å²) in [4.78, 5) is 0. The molecule has 0 aliphatic carbocycles. The van der Waals surface area contributed by atoms with E-state index in [9.17, 15) is 4.39 Å². The highest BCUT2D eigenvalue weighted by molar-refractivity contribution is 5.24. The van der Waals surface area contributed by atoms with Crippen LogP contribution >= 0.6 is 0 Å². The first-order valence-corrected chi connectivity index (χ1v) is 5.63. The highest BCUT2D eigenvalue weighted by Gasteiger charge is 2.36. The smallest absolute Gasteiger partial charge is 0.126 e. The summed E-state index contributed by atoms with van der Waals surface area (Å²) in [6.07, 6.45) is 0.918. The van der Waals surface area contributed by atoms with Gasteiger partial charge in [-0.1, -0.05) is 18.2 Å². The molecule has 1 aromatic carbocycles. The zero-order valence-electron chi connectivity index (χ0n) is 9.79. The fourth-order valence-electron chi connectivity index (χ4n) is 2.51. The average Bonchev–Trinajstić information content (AvgIpc) is 2.62. The SMILES string of the molecule is COCC1(C)CC(c2ccccc2F)CN1. The second-order valence-corrected chi connectivity index (χ2v) is 4.80. The Balaban J connectivity index is 2.12. The van der Waals surface area contributed by atoms with Gasteiger partial charge in [-0.3, -0.25) is 0 Å². The maximum atomic E-state index is 13.6. The van der Waals surface area contributed by atoms with Gasteiger partial charge in [0.25, 0.3) is 0 Å². The van der Waals surface area contributed by atoms with Crippen molar-refractivity contribution in [2.24, 2.45) is 0 Å². The van der Waals surface area contributed by atoms with Gasteiger partial charge < -0.3 is 10.1 Å². The summed E-state index contributed by atoms with van der Waals surface area (Å²) in [5.41, 5.74) is 0.789. The predicted octanol–water partition coefficient (Wildman–Crippen LogP) is 2.31. The van der Waals surface area contributed by atoms with E-state index in [0.29, 0.717) is 6.61 Å². The van der Waals surface area contributed by atoms with Crippen molar-refractivity contribution in [1.82, 2.24) is 5.32 Å². The van der Waals surface area contributed by atoms with E-state index in [1.54, 1.807) is 13.2 Å². The summed E-state index contributed by atoms with van der Waals surface area (Å²) in [5, 5.41) is 3.42. The molecular weight excluding hydrogens is 205 g/mol. The van der Waals surface area contributed by atoms with Gasteiger partial charge >= 0.3 is 0 Å². The fourth-order valence-corrected chi connectivity index (χ4v) is 2.51. The lowest BCUT2D eigenvalue weighted by Crippen LogP contribution is -2.40. The minimum Gasteiger partial charge on any atom is -0.383 e. The maximum absolute atomic E-state index is 13.6. The molecule has 3 heteroatoms. The van der Waals surface area contributed by atoms with Crippen LogP contribution in [0.1, 0.15) is 24.8 Å². The zero-order valence-corrected chi connectivity index (χ0v) is 9.79. The first-order chi connectivity index (χ1) is 7.64. The Labute approximate surface area is 95.8 Å². The summed E-state index contributed by atoms with van der Waals surface area (Å²) in [5.74, 6) is 0.150. The Bertz CT molecular complexity index is 369. The van der Waals surface area contributed by atoms with E-state index in [-0.39, 0.29) is 17.3 Å². The van der Waals surface area contributed by atoms with Gasteiger partial charge in [0, 0.05) is 25.1 Å². The summed E-state index contributed by atoms with van der Waals surface area (Å²) < 4.78 is 18.8. The van der Waals surface area contributed by atoms with Crippen molar-refractivity contribution >= 4 is 0 Å². The molecule has 1 fully saturated rings. The topological polar surface area (TPSA) is 21.3 Å². The molecule has 0 bridgehead atoms. The van der Waals surface area contributed by atoms with Crippen molar-refractivity contribution in [2.45, 2.75) is 24.8 Å².